The lowest BCUT2D eigenvalue weighted by atomic mass is 9.84. The van der Waals surface area contributed by atoms with Crippen molar-refractivity contribution >= 4 is 55.8 Å². The Balaban J connectivity index is 1.69. The van der Waals surface area contributed by atoms with Crippen LogP contribution in [0.25, 0.3) is 22.2 Å². The summed E-state index contributed by atoms with van der Waals surface area (Å²) in [5.74, 6) is -2.70. The zero-order valence-electron chi connectivity index (χ0n) is 30.4. The number of nitrogens with one attached hydrogen (secondary N) is 4. The Bertz CT molecular complexity index is 2230. The number of imide groups is 1. The molecule has 2 aromatic rings. The van der Waals surface area contributed by atoms with Gasteiger partial charge in [0.2, 0.25) is 5.91 Å². The molecule has 8 bridgehead atoms. The SMILES string of the molecule is CC[C@H]1c2cc3[nH]c4c(c5nc(cc6nc(cc([nH]2)[C@@H]1C)C(C(C)=O)=C6C)C(C)[C@@H]5CCC(=O)NC)C(=O)N(NCCCS(=O)(=O)O)C(=O)c4c3C. The molecule has 0 saturated carbocycles. The van der Waals surface area contributed by atoms with Crippen molar-refractivity contribution in [3.63, 3.8) is 0 Å². The zero-order chi connectivity index (χ0) is 37.8. The Labute approximate surface area is 302 Å². The van der Waals surface area contributed by atoms with E-state index in [-0.39, 0.29) is 60.0 Å². The van der Waals surface area contributed by atoms with E-state index in [9.17, 15) is 32.1 Å². The van der Waals surface area contributed by atoms with Gasteiger partial charge in [-0.25, -0.2) is 15.4 Å². The molecular formula is C37H45N7O7S. The number of fused-ring (bicyclic) bond motifs is 8. The number of Topliss-reactive ketones (excluding diaryl/α,β-unsaturated/α-hetero) is 1. The molecular weight excluding hydrogens is 687 g/mol. The minimum atomic E-state index is -4.26. The van der Waals surface area contributed by atoms with E-state index in [1.54, 1.807) is 14.0 Å². The number of aryl methyl sites for hydroxylation is 1. The normalized spacial score (nSPS) is 20.7. The molecule has 0 fully saturated rings. The van der Waals surface area contributed by atoms with E-state index in [1.165, 1.54) is 6.92 Å². The summed E-state index contributed by atoms with van der Waals surface area (Å²) >= 11 is 0. The van der Waals surface area contributed by atoms with Crippen LogP contribution in [0.3, 0.4) is 0 Å². The Morgan fingerprint density at radius 3 is 2.33 bits per heavy atom. The van der Waals surface area contributed by atoms with Crippen molar-refractivity contribution in [1.82, 2.24) is 35.7 Å². The van der Waals surface area contributed by atoms with E-state index in [1.807, 2.05) is 32.0 Å². The maximum Gasteiger partial charge on any atom is 0.279 e. The number of amides is 3. The maximum atomic E-state index is 14.5. The number of H-pyrrole nitrogens is 2. The first kappa shape index (κ1) is 37.0. The quantitative estimate of drug-likeness (QED) is 0.126. The topological polar surface area (TPSA) is 207 Å². The van der Waals surface area contributed by atoms with Crippen molar-refractivity contribution in [2.45, 2.75) is 90.9 Å². The van der Waals surface area contributed by atoms with Gasteiger partial charge in [0.25, 0.3) is 21.9 Å². The molecule has 6 rings (SSSR count). The van der Waals surface area contributed by atoms with Crippen LogP contribution in [0.4, 0.5) is 0 Å². The number of hydrogen-bond donors (Lipinski definition) is 5. The van der Waals surface area contributed by atoms with Gasteiger partial charge < -0.3 is 15.3 Å². The molecule has 1 unspecified atom stereocenters. The summed E-state index contributed by atoms with van der Waals surface area (Å²) in [5, 5.41) is 3.54. The van der Waals surface area contributed by atoms with Crippen LogP contribution in [0.15, 0.2) is 18.2 Å². The van der Waals surface area contributed by atoms with Crippen molar-refractivity contribution in [2.75, 3.05) is 19.3 Å². The molecule has 14 nitrogen and oxygen atoms in total. The second kappa shape index (κ2) is 14.0. The van der Waals surface area contributed by atoms with Gasteiger partial charge in [-0.1, -0.05) is 20.8 Å². The molecule has 0 saturated heterocycles. The van der Waals surface area contributed by atoms with Gasteiger partial charge in [-0.05, 0) is 69.4 Å². The van der Waals surface area contributed by atoms with E-state index >= 15 is 0 Å². The molecule has 4 atom stereocenters. The average Bonchev–Trinajstić information content (AvgIpc) is 3.76. The van der Waals surface area contributed by atoms with Crippen molar-refractivity contribution < 1.29 is 32.1 Å². The Hall–Kier alpha value is -4.73. The summed E-state index contributed by atoms with van der Waals surface area (Å²) in [5.41, 5.74) is 9.95. The number of nitrogens with zero attached hydrogens (tertiary/aromatic N) is 3. The van der Waals surface area contributed by atoms with Gasteiger partial charge >= 0.3 is 0 Å². The van der Waals surface area contributed by atoms with Crippen LogP contribution in [0.2, 0.25) is 0 Å². The van der Waals surface area contributed by atoms with Crippen LogP contribution in [-0.2, 0) is 19.7 Å². The molecule has 276 valence electrons. The van der Waals surface area contributed by atoms with Gasteiger partial charge in [0.05, 0.1) is 39.5 Å². The lowest BCUT2D eigenvalue weighted by molar-refractivity contribution is -0.120. The Morgan fingerprint density at radius 2 is 1.67 bits per heavy atom. The predicted molar refractivity (Wildman–Crippen MR) is 196 cm³/mol. The summed E-state index contributed by atoms with van der Waals surface area (Å²) < 4.78 is 32.0. The highest BCUT2D eigenvalue weighted by atomic mass is 32.2. The smallest absolute Gasteiger partial charge is 0.279 e. The van der Waals surface area contributed by atoms with Crippen LogP contribution in [0, 0.1) is 6.92 Å². The summed E-state index contributed by atoms with van der Waals surface area (Å²) in [4.78, 5) is 71.2. The number of aromatic nitrogens is 4. The molecule has 2 aromatic heterocycles. The molecule has 5 N–H and O–H groups in total. The molecule has 15 heteroatoms. The molecule has 0 aliphatic carbocycles. The minimum absolute atomic E-state index is 0.0600. The van der Waals surface area contributed by atoms with Gasteiger partial charge in [-0.15, -0.1) is 0 Å². The minimum Gasteiger partial charge on any atom is -0.362 e. The molecule has 3 amide bonds. The second-order valence-electron chi connectivity index (χ2n) is 14.0. The molecule has 0 spiro atoms. The first-order valence-electron chi connectivity index (χ1n) is 17.6. The van der Waals surface area contributed by atoms with E-state index in [0.717, 1.165) is 22.8 Å². The van der Waals surface area contributed by atoms with E-state index in [2.05, 4.69) is 34.6 Å². The average molecular weight is 732 g/mol. The van der Waals surface area contributed by atoms with E-state index in [4.69, 9.17) is 9.97 Å². The number of hydrazine groups is 1. The van der Waals surface area contributed by atoms with Crippen LogP contribution in [0.1, 0.15) is 144 Å². The summed E-state index contributed by atoms with van der Waals surface area (Å²) in [7, 11) is -2.70. The largest absolute Gasteiger partial charge is 0.362 e. The fourth-order valence-electron chi connectivity index (χ4n) is 7.90. The van der Waals surface area contributed by atoms with Crippen LogP contribution in [0.5, 0.6) is 0 Å². The van der Waals surface area contributed by atoms with Crippen LogP contribution in [-0.4, -0.2) is 80.8 Å². The number of ketones is 1. The third-order valence-corrected chi connectivity index (χ3v) is 11.6. The molecule has 6 heterocycles. The summed E-state index contributed by atoms with van der Waals surface area (Å²) in [6, 6.07) is 5.73. The van der Waals surface area contributed by atoms with Crippen molar-refractivity contribution in [3.05, 3.63) is 69.1 Å². The fraction of sp³-hybridized carbons (Fsp3) is 0.459. The summed E-state index contributed by atoms with van der Waals surface area (Å²) in [6.07, 6.45) is 1.25. The lowest BCUT2D eigenvalue weighted by Crippen LogP contribution is -2.50. The zero-order valence-corrected chi connectivity index (χ0v) is 31.2. The van der Waals surface area contributed by atoms with Gasteiger partial charge in [-0.2, -0.15) is 8.42 Å². The number of carbonyl (C=O) groups is 4. The summed E-state index contributed by atoms with van der Waals surface area (Å²) in [6.45, 7) is 11.3. The highest BCUT2D eigenvalue weighted by Gasteiger charge is 2.41. The highest BCUT2D eigenvalue weighted by Crippen LogP contribution is 2.45. The molecule has 0 radical (unpaired) electrons. The highest BCUT2D eigenvalue weighted by molar-refractivity contribution is 7.85. The predicted octanol–water partition coefficient (Wildman–Crippen LogP) is 4.95. The fourth-order valence-corrected chi connectivity index (χ4v) is 8.41. The van der Waals surface area contributed by atoms with Crippen molar-refractivity contribution in [2.24, 2.45) is 0 Å². The third kappa shape index (κ3) is 6.56. The van der Waals surface area contributed by atoms with Crippen LogP contribution < -0.4 is 10.7 Å². The third-order valence-electron chi connectivity index (χ3n) is 10.8. The first-order chi connectivity index (χ1) is 24.6. The number of aromatic amines is 2. The van der Waals surface area contributed by atoms with Crippen molar-refractivity contribution in [3.8, 4) is 0 Å². The monoisotopic (exact) mass is 731 g/mol. The first-order valence-corrected chi connectivity index (χ1v) is 19.2. The van der Waals surface area contributed by atoms with E-state index < -0.39 is 33.6 Å². The lowest BCUT2D eigenvalue weighted by Gasteiger charge is -2.27. The Morgan fingerprint density at radius 1 is 0.962 bits per heavy atom. The number of hydrogen-bond acceptors (Lipinski definition) is 9. The maximum absolute atomic E-state index is 14.5. The van der Waals surface area contributed by atoms with Crippen LogP contribution >= 0.6 is 0 Å². The molecule has 4 aliphatic heterocycles. The van der Waals surface area contributed by atoms with Gasteiger partial charge in [0.1, 0.15) is 0 Å². The molecule has 0 aromatic carbocycles. The van der Waals surface area contributed by atoms with Gasteiger partial charge in [-0.3, -0.25) is 28.7 Å². The number of allylic oxidation sites excluding steroid dienone is 2. The molecule has 52 heavy (non-hydrogen) atoms. The number of rotatable bonds is 10. The Kier molecular flexibility index (Phi) is 9.98. The standard InChI is InChI=1S/C37H45N7O7S/c1-8-22-17(2)24-16-29-31(21(6)45)19(4)26(41-29)14-25-18(3)23(10-11-30(46)38-7)34(42-25)33-35-32(20(5)27(43-35)15-28(22)40-24)36(47)44(37(33)48)39-12-9-13-52(49,50)51/h14-18,22-23,39-40,43H,8-13H2,1-7H3,(H,38,46)(H,49,50,51)/t17-,18?,22-,23+/m1/s1. The van der Waals surface area contributed by atoms with Gasteiger partial charge in [0, 0.05) is 71.9 Å². The van der Waals surface area contributed by atoms with Gasteiger partial charge in [0.15, 0.2) is 5.78 Å². The number of carbonyl (C=O) groups excluding carboxylic acids is 4. The second-order valence-corrected chi connectivity index (χ2v) is 15.6. The molecule has 4 aliphatic rings. The van der Waals surface area contributed by atoms with Crippen molar-refractivity contribution in [1.29, 1.82) is 0 Å². The van der Waals surface area contributed by atoms with E-state index in [0.29, 0.717) is 56.9 Å².